The number of likely N-dealkylation sites (tertiary alicyclic amines) is 1. The molecule has 0 radical (unpaired) electrons. The van der Waals surface area contributed by atoms with E-state index >= 15 is 0 Å². The van der Waals surface area contributed by atoms with Crippen molar-refractivity contribution in [1.29, 1.82) is 0 Å². The molecule has 0 N–H and O–H groups in total. The maximum Gasteiger partial charge on any atom is 0.150 e. The Hall–Kier alpha value is -1.95. The van der Waals surface area contributed by atoms with Crippen LogP contribution in [0.4, 0.5) is 0 Å². The minimum Gasteiger partial charge on any atom is -0.302 e. The standard InChI is InChI=1S/C28H38N2O2S/c1-3-8-26(22-32)29(2)20-27-25(21-31)9-7-10-28(27)33-18-15-23-11-13-24(14-12-23)19-30-16-5-4-6-17-30/h7,9-14,21-22,26H,3-6,8,15-20H2,1-2H3. The van der Waals surface area contributed by atoms with Crippen molar-refractivity contribution in [3.63, 3.8) is 0 Å². The molecule has 0 saturated carbocycles. The number of thioether (sulfide) groups is 1. The van der Waals surface area contributed by atoms with E-state index in [4.69, 9.17) is 0 Å². The van der Waals surface area contributed by atoms with Gasteiger partial charge in [0.05, 0.1) is 6.04 Å². The van der Waals surface area contributed by atoms with E-state index in [9.17, 15) is 9.59 Å². The zero-order chi connectivity index (χ0) is 23.5. The van der Waals surface area contributed by atoms with Crippen LogP contribution < -0.4 is 0 Å². The molecule has 3 rings (SSSR count). The van der Waals surface area contributed by atoms with Crippen LogP contribution in [0.2, 0.25) is 0 Å². The molecule has 0 aromatic heterocycles. The third-order valence-corrected chi connectivity index (χ3v) is 7.64. The molecule has 0 bridgehead atoms. The second kappa shape index (κ2) is 13.7. The molecule has 1 aliphatic heterocycles. The zero-order valence-corrected chi connectivity index (χ0v) is 21.0. The van der Waals surface area contributed by atoms with Crippen molar-refractivity contribution >= 4 is 24.3 Å². The van der Waals surface area contributed by atoms with Gasteiger partial charge >= 0.3 is 0 Å². The van der Waals surface area contributed by atoms with Gasteiger partial charge in [-0.1, -0.05) is 56.2 Å². The molecule has 4 nitrogen and oxygen atoms in total. The van der Waals surface area contributed by atoms with Crippen molar-refractivity contribution in [3.8, 4) is 0 Å². The number of likely N-dealkylation sites (N-methyl/N-ethyl adjacent to an activating group) is 1. The molecule has 33 heavy (non-hydrogen) atoms. The molecule has 1 fully saturated rings. The van der Waals surface area contributed by atoms with Crippen LogP contribution >= 0.6 is 11.8 Å². The number of hydrogen-bond acceptors (Lipinski definition) is 5. The summed E-state index contributed by atoms with van der Waals surface area (Å²) >= 11 is 1.80. The summed E-state index contributed by atoms with van der Waals surface area (Å²) in [6, 6.07) is 14.9. The summed E-state index contributed by atoms with van der Waals surface area (Å²) < 4.78 is 0. The molecule has 1 unspecified atom stereocenters. The van der Waals surface area contributed by atoms with Crippen LogP contribution in [-0.2, 0) is 24.3 Å². The van der Waals surface area contributed by atoms with Crippen molar-refractivity contribution in [2.75, 3.05) is 25.9 Å². The molecule has 5 heteroatoms. The molecule has 1 heterocycles. The normalized spacial score (nSPS) is 15.5. The fourth-order valence-corrected chi connectivity index (χ4v) is 5.61. The maximum absolute atomic E-state index is 11.7. The molecular weight excluding hydrogens is 428 g/mol. The number of carbonyl (C=O) groups excluding carboxylic acids is 2. The van der Waals surface area contributed by atoms with Crippen LogP contribution in [0, 0.1) is 0 Å². The van der Waals surface area contributed by atoms with Gasteiger partial charge in [-0.05, 0) is 68.6 Å². The van der Waals surface area contributed by atoms with Gasteiger partial charge in [0, 0.05) is 29.3 Å². The van der Waals surface area contributed by atoms with Gasteiger partial charge in [-0.3, -0.25) is 14.6 Å². The SMILES string of the molecule is CCCC(C=O)N(C)Cc1c(C=O)cccc1SCCc1ccc(CN2CCCCC2)cc1. The molecule has 0 amide bonds. The predicted molar refractivity (Wildman–Crippen MR) is 138 cm³/mol. The number of hydrogen-bond donors (Lipinski definition) is 0. The first-order valence-electron chi connectivity index (χ1n) is 12.3. The number of benzene rings is 2. The largest absolute Gasteiger partial charge is 0.302 e. The van der Waals surface area contributed by atoms with Crippen LogP contribution in [0.3, 0.4) is 0 Å². The quantitative estimate of drug-likeness (QED) is 0.283. The number of carbonyl (C=O) groups is 2. The first-order chi connectivity index (χ1) is 16.1. The van der Waals surface area contributed by atoms with E-state index in [0.717, 1.165) is 60.2 Å². The van der Waals surface area contributed by atoms with Crippen molar-refractivity contribution in [2.45, 2.75) is 69.5 Å². The van der Waals surface area contributed by atoms with Gasteiger partial charge in [0.2, 0.25) is 0 Å². The Morgan fingerprint density at radius 2 is 1.76 bits per heavy atom. The fraction of sp³-hybridized carbons (Fsp3) is 0.500. The Labute approximate surface area is 203 Å². The molecular formula is C28H38N2O2S. The monoisotopic (exact) mass is 466 g/mol. The maximum atomic E-state index is 11.7. The highest BCUT2D eigenvalue weighted by Gasteiger charge is 2.17. The van der Waals surface area contributed by atoms with E-state index in [-0.39, 0.29) is 6.04 Å². The number of aryl methyl sites for hydroxylation is 1. The lowest BCUT2D eigenvalue weighted by Gasteiger charge is -2.26. The topological polar surface area (TPSA) is 40.6 Å². The first kappa shape index (κ1) is 25.7. The Balaban J connectivity index is 1.58. The number of nitrogens with zero attached hydrogens (tertiary/aromatic N) is 2. The van der Waals surface area contributed by atoms with Crippen molar-refractivity contribution < 1.29 is 9.59 Å². The highest BCUT2D eigenvalue weighted by Crippen LogP contribution is 2.28. The van der Waals surface area contributed by atoms with Gasteiger partial charge in [-0.2, -0.15) is 0 Å². The summed E-state index contributed by atoms with van der Waals surface area (Å²) in [5.74, 6) is 0.955. The van der Waals surface area contributed by atoms with Crippen LogP contribution in [0.1, 0.15) is 66.1 Å². The molecule has 0 spiro atoms. The van der Waals surface area contributed by atoms with E-state index in [1.165, 1.54) is 43.5 Å². The second-order valence-corrected chi connectivity index (χ2v) is 10.2. The summed E-state index contributed by atoms with van der Waals surface area (Å²) in [5.41, 5.74) is 4.49. The van der Waals surface area contributed by atoms with E-state index in [1.54, 1.807) is 11.8 Å². The summed E-state index contributed by atoms with van der Waals surface area (Å²) in [4.78, 5) is 29.0. The Morgan fingerprint density at radius 3 is 2.42 bits per heavy atom. The molecule has 178 valence electrons. The molecule has 1 atom stereocenters. The fourth-order valence-electron chi connectivity index (χ4n) is 4.52. The van der Waals surface area contributed by atoms with Gasteiger partial charge in [0.25, 0.3) is 0 Å². The van der Waals surface area contributed by atoms with Gasteiger partial charge in [-0.15, -0.1) is 11.8 Å². The lowest BCUT2D eigenvalue weighted by atomic mass is 10.1. The van der Waals surface area contributed by atoms with Crippen LogP contribution in [-0.4, -0.2) is 54.3 Å². The second-order valence-electron chi connectivity index (χ2n) is 9.10. The number of piperidine rings is 1. The molecule has 2 aromatic rings. The molecule has 1 aliphatic rings. The highest BCUT2D eigenvalue weighted by molar-refractivity contribution is 7.99. The summed E-state index contributed by atoms with van der Waals surface area (Å²) in [6.07, 6.45) is 8.76. The third-order valence-electron chi connectivity index (χ3n) is 6.54. The van der Waals surface area contributed by atoms with E-state index in [0.29, 0.717) is 6.54 Å². The summed E-state index contributed by atoms with van der Waals surface area (Å²) in [6.45, 7) is 6.20. The predicted octanol–water partition coefficient (Wildman–Crippen LogP) is 5.62. The van der Waals surface area contributed by atoms with Gasteiger partial charge in [0.15, 0.2) is 0 Å². The van der Waals surface area contributed by atoms with E-state index in [2.05, 4.69) is 47.1 Å². The Kier molecular flexibility index (Phi) is 10.6. The van der Waals surface area contributed by atoms with Crippen LogP contribution in [0.5, 0.6) is 0 Å². The summed E-state index contributed by atoms with van der Waals surface area (Å²) in [7, 11) is 1.97. The van der Waals surface area contributed by atoms with Crippen LogP contribution in [0.25, 0.3) is 0 Å². The van der Waals surface area contributed by atoms with Crippen molar-refractivity contribution in [1.82, 2.24) is 9.80 Å². The molecule has 0 aliphatic carbocycles. The molecule has 1 saturated heterocycles. The average molecular weight is 467 g/mol. The van der Waals surface area contributed by atoms with Gasteiger partial charge < -0.3 is 4.79 Å². The smallest absolute Gasteiger partial charge is 0.150 e. The average Bonchev–Trinajstić information content (AvgIpc) is 2.85. The Bertz CT molecular complexity index is 878. The van der Waals surface area contributed by atoms with Crippen molar-refractivity contribution in [3.05, 3.63) is 64.7 Å². The van der Waals surface area contributed by atoms with Gasteiger partial charge in [-0.25, -0.2) is 0 Å². The number of rotatable bonds is 13. The third kappa shape index (κ3) is 7.80. The van der Waals surface area contributed by atoms with Crippen molar-refractivity contribution in [2.24, 2.45) is 0 Å². The minimum absolute atomic E-state index is 0.115. The molecule has 2 aromatic carbocycles. The Morgan fingerprint density at radius 1 is 1.03 bits per heavy atom. The van der Waals surface area contributed by atoms with E-state index < -0.39 is 0 Å². The zero-order valence-electron chi connectivity index (χ0n) is 20.2. The highest BCUT2D eigenvalue weighted by atomic mass is 32.2. The number of aldehydes is 2. The lowest BCUT2D eigenvalue weighted by molar-refractivity contribution is -0.112. The van der Waals surface area contributed by atoms with Gasteiger partial charge in [0.1, 0.15) is 12.6 Å². The lowest BCUT2D eigenvalue weighted by Crippen LogP contribution is -2.32. The minimum atomic E-state index is -0.115. The summed E-state index contributed by atoms with van der Waals surface area (Å²) in [5, 5.41) is 0. The first-order valence-corrected chi connectivity index (χ1v) is 13.3. The van der Waals surface area contributed by atoms with Crippen LogP contribution in [0.15, 0.2) is 47.4 Å². The van der Waals surface area contributed by atoms with E-state index in [1.807, 2.05) is 19.2 Å².